The molecule has 0 aliphatic heterocycles. The number of ether oxygens (including phenoxy) is 1. The number of likely N-dealkylation sites (N-methyl/N-ethyl adjacent to an activating group) is 1. The second-order valence-corrected chi connectivity index (χ2v) is 5.55. The number of halogens is 3. The van der Waals surface area contributed by atoms with E-state index in [4.69, 9.17) is 27.9 Å². The molecule has 0 spiro atoms. The minimum absolute atomic E-state index is 0.170. The Morgan fingerprint density at radius 1 is 1.23 bits per heavy atom. The highest BCUT2D eigenvalue weighted by Gasteiger charge is 2.13. The molecular weight excluding hydrogens is 328 g/mol. The zero-order valence-corrected chi connectivity index (χ0v) is 13.4. The van der Waals surface area contributed by atoms with Crippen LogP contribution in [-0.2, 0) is 11.3 Å². The van der Waals surface area contributed by atoms with Crippen molar-refractivity contribution in [1.29, 1.82) is 0 Å². The highest BCUT2D eigenvalue weighted by molar-refractivity contribution is 6.35. The first-order valence-electron chi connectivity index (χ1n) is 6.52. The normalized spacial score (nSPS) is 10.4. The number of amides is 1. The van der Waals surface area contributed by atoms with E-state index in [2.05, 4.69) is 0 Å². The van der Waals surface area contributed by atoms with Gasteiger partial charge in [-0.15, -0.1) is 0 Å². The van der Waals surface area contributed by atoms with Crippen molar-refractivity contribution < 1.29 is 13.9 Å². The van der Waals surface area contributed by atoms with Gasteiger partial charge in [0.1, 0.15) is 11.6 Å². The average molecular weight is 342 g/mol. The smallest absolute Gasteiger partial charge is 0.260 e. The third-order valence-electron chi connectivity index (χ3n) is 3.04. The molecule has 2 aromatic carbocycles. The average Bonchev–Trinajstić information content (AvgIpc) is 2.48. The molecule has 0 bridgehead atoms. The monoisotopic (exact) mass is 341 g/mol. The quantitative estimate of drug-likeness (QED) is 0.816. The molecule has 0 unspecified atom stereocenters. The Morgan fingerprint density at radius 2 is 1.95 bits per heavy atom. The summed E-state index contributed by atoms with van der Waals surface area (Å²) >= 11 is 11.7. The topological polar surface area (TPSA) is 29.5 Å². The molecule has 0 saturated heterocycles. The van der Waals surface area contributed by atoms with Crippen LogP contribution in [0.2, 0.25) is 10.0 Å². The minimum atomic E-state index is -0.344. The van der Waals surface area contributed by atoms with Gasteiger partial charge in [-0.2, -0.15) is 0 Å². The zero-order valence-electron chi connectivity index (χ0n) is 11.9. The number of rotatable bonds is 5. The summed E-state index contributed by atoms with van der Waals surface area (Å²) in [5.74, 6) is -0.253. The molecule has 0 aromatic heterocycles. The van der Waals surface area contributed by atoms with Gasteiger partial charge in [-0.1, -0.05) is 41.4 Å². The zero-order chi connectivity index (χ0) is 16.1. The fourth-order valence-corrected chi connectivity index (χ4v) is 2.28. The Hall–Kier alpha value is -1.78. The molecule has 0 aliphatic rings. The van der Waals surface area contributed by atoms with Crippen LogP contribution in [0.25, 0.3) is 0 Å². The van der Waals surface area contributed by atoms with Crippen molar-refractivity contribution in [3.05, 3.63) is 63.9 Å². The molecule has 3 nitrogen and oxygen atoms in total. The lowest BCUT2D eigenvalue weighted by molar-refractivity contribution is -0.132. The number of hydrogen-bond donors (Lipinski definition) is 0. The fourth-order valence-electron chi connectivity index (χ4n) is 1.81. The van der Waals surface area contributed by atoms with E-state index in [1.165, 1.54) is 17.0 Å². The van der Waals surface area contributed by atoms with E-state index in [0.29, 0.717) is 21.4 Å². The van der Waals surface area contributed by atoms with Crippen LogP contribution >= 0.6 is 23.2 Å². The predicted octanol–water partition coefficient (Wildman–Crippen LogP) is 4.17. The number of benzene rings is 2. The SMILES string of the molecule is CN(Cc1ccccc1F)C(=O)COc1ccc(Cl)cc1Cl. The van der Waals surface area contributed by atoms with Crippen molar-refractivity contribution in [2.45, 2.75) is 6.54 Å². The number of hydrogen-bond acceptors (Lipinski definition) is 2. The van der Waals surface area contributed by atoms with Gasteiger partial charge in [0, 0.05) is 24.2 Å². The highest BCUT2D eigenvalue weighted by atomic mass is 35.5. The maximum absolute atomic E-state index is 13.6. The van der Waals surface area contributed by atoms with Crippen molar-refractivity contribution in [2.75, 3.05) is 13.7 Å². The van der Waals surface area contributed by atoms with Crippen LogP contribution in [-0.4, -0.2) is 24.5 Å². The van der Waals surface area contributed by atoms with Gasteiger partial charge >= 0.3 is 0 Å². The molecule has 0 aliphatic carbocycles. The van der Waals surface area contributed by atoms with Gasteiger partial charge in [0.05, 0.1) is 5.02 Å². The van der Waals surface area contributed by atoms with Crippen LogP contribution in [0.5, 0.6) is 5.75 Å². The van der Waals surface area contributed by atoms with Crippen LogP contribution in [0.1, 0.15) is 5.56 Å². The van der Waals surface area contributed by atoms with Crippen LogP contribution in [0.3, 0.4) is 0 Å². The van der Waals surface area contributed by atoms with Crippen molar-refractivity contribution >= 4 is 29.1 Å². The van der Waals surface area contributed by atoms with Crippen LogP contribution in [0.4, 0.5) is 4.39 Å². The molecular formula is C16H14Cl2FNO2. The van der Waals surface area contributed by atoms with Crippen molar-refractivity contribution in [3.63, 3.8) is 0 Å². The summed E-state index contributed by atoms with van der Waals surface area (Å²) in [5.41, 5.74) is 0.447. The molecule has 2 rings (SSSR count). The van der Waals surface area contributed by atoms with Crippen molar-refractivity contribution in [3.8, 4) is 5.75 Å². The summed E-state index contributed by atoms with van der Waals surface area (Å²) in [7, 11) is 1.58. The van der Waals surface area contributed by atoms with Crippen molar-refractivity contribution in [2.24, 2.45) is 0 Å². The molecule has 6 heteroatoms. The molecule has 0 N–H and O–H groups in total. The standard InChI is InChI=1S/C16H14Cl2FNO2/c1-20(9-11-4-2-3-5-14(11)19)16(21)10-22-15-7-6-12(17)8-13(15)18/h2-8H,9-10H2,1H3. The lowest BCUT2D eigenvalue weighted by atomic mass is 10.2. The molecule has 1 amide bonds. The van der Waals surface area contributed by atoms with Gasteiger partial charge in [-0.05, 0) is 24.3 Å². The molecule has 0 radical (unpaired) electrons. The molecule has 0 fully saturated rings. The summed E-state index contributed by atoms with van der Waals surface area (Å²) in [6.07, 6.45) is 0. The van der Waals surface area contributed by atoms with Gasteiger partial charge in [-0.3, -0.25) is 4.79 Å². The van der Waals surface area contributed by atoms with E-state index in [0.717, 1.165) is 0 Å². The summed E-state index contributed by atoms with van der Waals surface area (Å²) in [6, 6.07) is 11.1. The number of carbonyl (C=O) groups is 1. The molecule has 2 aromatic rings. The van der Waals surface area contributed by atoms with Crippen LogP contribution < -0.4 is 4.74 Å². The maximum atomic E-state index is 13.6. The highest BCUT2D eigenvalue weighted by Crippen LogP contribution is 2.27. The molecule has 0 atom stereocenters. The van der Waals surface area contributed by atoms with E-state index >= 15 is 0 Å². The Labute approximate surface area is 138 Å². The molecule has 0 heterocycles. The summed E-state index contributed by atoms with van der Waals surface area (Å²) < 4.78 is 18.9. The van der Waals surface area contributed by atoms with Gasteiger partial charge < -0.3 is 9.64 Å². The predicted molar refractivity (Wildman–Crippen MR) is 84.8 cm³/mol. The Kier molecular flexibility index (Phi) is 5.63. The van der Waals surface area contributed by atoms with E-state index in [1.807, 2.05) is 0 Å². The van der Waals surface area contributed by atoms with Gasteiger partial charge in [0.25, 0.3) is 5.91 Å². The second-order valence-electron chi connectivity index (χ2n) is 4.70. The third kappa shape index (κ3) is 4.36. The molecule has 22 heavy (non-hydrogen) atoms. The molecule has 0 saturated carbocycles. The van der Waals surface area contributed by atoms with E-state index in [1.54, 1.807) is 37.4 Å². The summed E-state index contributed by atoms with van der Waals surface area (Å²) in [5, 5.41) is 0.817. The minimum Gasteiger partial charge on any atom is -0.482 e. The number of carbonyl (C=O) groups excluding carboxylic acids is 1. The first-order chi connectivity index (χ1) is 10.5. The van der Waals surface area contributed by atoms with Crippen LogP contribution in [0, 0.1) is 5.82 Å². The third-order valence-corrected chi connectivity index (χ3v) is 3.57. The van der Waals surface area contributed by atoms with Gasteiger partial charge in [0.2, 0.25) is 0 Å². The van der Waals surface area contributed by atoms with Crippen LogP contribution in [0.15, 0.2) is 42.5 Å². The maximum Gasteiger partial charge on any atom is 0.260 e. The lowest BCUT2D eigenvalue weighted by Gasteiger charge is -2.18. The number of nitrogens with zero attached hydrogens (tertiary/aromatic N) is 1. The second kappa shape index (κ2) is 7.47. The van der Waals surface area contributed by atoms with E-state index in [-0.39, 0.29) is 24.9 Å². The van der Waals surface area contributed by atoms with Gasteiger partial charge in [0.15, 0.2) is 6.61 Å². The lowest BCUT2D eigenvalue weighted by Crippen LogP contribution is -2.31. The summed E-state index contributed by atoms with van der Waals surface area (Å²) in [6.45, 7) is -0.0183. The fraction of sp³-hybridized carbons (Fsp3) is 0.188. The van der Waals surface area contributed by atoms with Crippen molar-refractivity contribution in [1.82, 2.24) is 4.90 Å². The Balaban J connectivity index is 1.93. The summed E-state index contributed by atoms with van der Waals surface area (Å²) in [4.78, 5) is 13.4. The largest absolute Gasteiger partial charge is 0.482 e. The Bertz CT molecular complexity index is 679. The Morgan fingerprint density at radius 3 is 2.64 bits per heavy atom. The first-order valence-corrected chi connectivity index (χ1v) is 7.28. The first kappa shape index (κ1) is 16.6. The van der Waals surface area contributed by atoms with E-state index < -0.39 is 0 Å². The van der Waals surface area contributed by atoms with Gasteiger partial charge in [-0.25, -0.2) is 4.39 Å². The van der Waals surface area contributed by atoms with E-state index in [9.17, 15) is 9.18 Å². The molecule has 116 valence electrons.